The number of carbonyl (C=O) groups excluding carboxylic acids is 2. The van der Waals surface area contributed by atoms with E-state index in [9.17, 15) is 14.7 Å². The number of nitrogens with one attached hydrogen (secondary N) is 1. The lowest BCUT2D eigenvalue weighted by molar-refractivity contribution is -0.141. The zero-order chi connectivity index (χ0) is 17.8. The maximum Gasteiger partial charge on any atom is 0.307 e. The molecule has 1 atom stereocenters. The average Bonchev–Trinajstić information content (AvgIpc) is 3.05. The second kappa shape index (κ2) is 7.38. The van der Waals surface area contributed by atoms with Gasteiger partial charge >= 0.3 is 5.97 Å². The van der Waals surface area contributed by atoms with Crippen molar-refractivity contribution in [2.24, 2.45) is 0 Å². The minimum absolute atomic E-state index is 0.0499. The molecular formula is C18H20N2O5. The molecule has 7 nitrogen and oxygen atoms in total. The van der Waals surface area contributed by atoms with Gasteiger partial charge in [-0.3, -0.25) is 9.59 Å². The van der Waals surface area contributed by atoms with Crippen LogP contribution in [-0.2, 0) is 22.4 Å². The van der Waals surface area contributed by atoms with Crippen molar-refractivity contribution in [1.29, 1.82) is 0 Å². The van der Waals surface area contributed by atoms with Crippen LogP contribution in [0.4, 0.5) is 0 Å². The average molecular weight is 344 g/mol. The van der Waals surface area contributed by atoms with Crippen LogP contribution in [0.25, 0.3) is 0 Å². The van der Waals surface area contributed by atoms with Crippen LogP contribution < -0.4 is 5.32 Å². The minimum Gasteiger partial charge on any atom is -0.508 e. The Kier molecular flexibility index (Phi) is 5.02. The number of phenols is 1. The summed E-state index contributed by atoms with van der Waals surface area (Å²) in [4.78, 5) is 24.4. The maximum absolute atomic E-state index is 12.7. The number of aromatic hydroxyl groups is 1. The first-order chi connectivity index (χ1) is 12.1. The smallest absolute Gasteiger partial charge is 0.307 e. The van der Waals surface area contributed by atoms with E-state index in [1.54, 1.807) is 12.1 Å². The van der Waals surface area contributed by atoms with Gasteiger partial charge in [-0.25, -0.2) is 0 Å². The van der Waals surface area contributed by atoms with Crippen molar-refractivity contribution in [2.45, 2.75) is 38.1 Å². The first-order valence-corrected chi connectivity index (χ1v) is 8.22. The summed E-state index contributed by atoms with van der Waals surface area (Å²) in [7, 11) is 1.29. The fraction of sp³-hybridized carbons (Fsp3) is 0.389. The van der Waals surface area contributed by atoms with Crippen LogP contribution in [0.3, 0.4) is 0 Å². The van der Waals surface area contributed by atoms with E-state index >= 15 is 0 Å². The Labute approximate surface area is 145 Å². The molecule has 2 N–H and O–H groups in total. The summed E-state index contributed by atoms with van der Waals surface area (Å²) in [5.74, 6) is -0.0429. The van der Waals surface area contributed by atoms with E-state index in [-0.39, 0.29) is 17.9 Å². The lowest BCUT2D eigenvalue weighted by Gasteiger charge is -2.18. The molecule has 1 unspecified atom stereocenters. The van der Waals surface area contributed by atoms with E-state index < -0.39 is 17.9 Å². The molecular weight excluding hydrogens is 324 g/mol. The SMILES string of the molecule is COC(=O)CC(NC(=O)c1noc2c1CCCC2)c1cccc(O)c1. The molecule has 0 saturated heterocycles. The first kappa shape index (κ1) is 17.0. The van der Waals surface area contributed by atoms with Gasteiger partial charge in [0, 0.05) is 12.0 Å². The van der Waals surface area contributed by atoms with Gasteiger partial charge in [0.25, 0.3) is 5.91 Å². The number of carbonyl (C=O) groups is 2. The highest BCUT2D eigenvalue weighted by Gasteiger charge is 2.27. The molecule has 2 aromatic rings. The normalized spacial score (nSPS) is 14.4. The lowest BCUT2D eigenvalue weighted by atomic mass is 9.96. The fourth-order valence-electron chi connectivity index (χ4n) is 3.03. The number of aromatic nitrogens is 1. The summed E-state index contributed by atoms with van der Waals surface area (Å²) in [6, 6.07) is 5.77. The predicted molar refractivity (Wildman–Crippen MR) is 88.1 cm³/mol. The van der Waals surface area contributed by atoms with Crippen molar-refractivity contribution in [3.63, 3.8) is 0 Å². The third-order valence-electron chi connectivity index (χ3n) is 4.34. The van der Waals surface area contributed by atoms with Crippen LogP contribution in [0.15, 0.2) is 28.8 Å². The number of ether oxygens (including phenoxy) is 1. The molecule has 0 saturated carbocycles. The molecule has 132 valence electrons. The summed E-state index contributed by atoms with van der Waals surface area (Å²) in [6.45, 7) is 0. The van der Waals surface area contributed by atoms with Crippen LogP contribution in [0, 0.1) is 0 Å². The third-order valence-corrected chi connectivity index (χ3v) is 4.34. The number of rotatable bonds is 5. The zero-order valence-electron chi connectivity index (χ0n) is 13.9. The molecule has 3 rings (SSSR count). The number of hydrogen-bond donors (Lipinski definition) is 2. The van der Waals surface area contributed by atoms with Crippen molar-refractivity contribution in [3.05, 3.63) is 46.8 Å². The van der Waals surface area contributed by atoms with Crippen molar-refractivity contribution in [3.8, 4) is 5.75 Å². The largest absolute Gasteiger partial charge is 0.508 e. The van der Waals surface area contributed by atoms with E-state index in [2.05, 4.69) is 10.5 Å². The van der Waals surface area contributed by atoms with E-state index in [0.717, 1.165) is 37.0 Å². The molecule has 1 amide bonds. The summed E-state index contributed by atoms with van der Waals surface area (Å²) >= 11 is 0. The number of esters is 1. The zero-order valence-corrected chi connectivity index (χ0v) is 13.9. The van der Waals surface area contributed by atoms with E-state index in [0.29, 0.717) is 5.56 Å². The lowest BCUT2D eigenvalue weighted by Crippen LogP contribution is -2.31. The number of nitrogens with zero attached hydrogens (tertiary/aromatic N) is 1. The number of amides is 1. The number of aryl methyl sites for hydroxylation is 1. The van der Waals surface area contributed by atoms with Gasteiger partial charge in [0.2, 0.25) is 0 Å². The first-order valence-electron chi connectivity index (χ1n) is 8.22. The highest BCUT2D eigenvalue weighted by atomic mass is 16.5. The molecule has 0 fully saturated rings. The predicted octanol–water partition coefficient (Wildman–Crippen LogP) is 2.29. The number of fused-ring (bicyclic) bond motifs is 1. The summed E-state index contributed by atoms with van der Waals surface area (Å²) < 4.78 is 9.98. The van der Waals surface area contributed by atoms with Gasteiger partial charge < -0.3 is 19.7 Å². The Hall–Kier alpha value is -2.83. The van der Waals surface area contributed by atoms with Crippen LogP contribution in [0.2, 0.25) is 0 Å². The fourth-order valence-corrected chi connectivity index (χ4v) is 3.03. The number of methoxy groups -OCH3 is 1. The molecule has 1 aromatic heterocycles. The van der Waals surface area contributed by atoms with Gasteiger partial charge in [0.15, 0.2) is 5.69 Å². The van der Waals surface area contributed by atoms with E-state index in [4.69, 9.17) is 9.26 Å². The number of hydrogen-bond acceptors (Lipinski definition) is 6. The molecule has 0 aliphatic heterocycles. The molecule has 1 aliphatic rings. The molecule has 1 aliphatic carbocycles. The van der Waals surface area contributed by atoms with Gasteiger partial charge in [-0.05, 0) is 37.0 Å². The second-order valence-corrected chi connectivity index (χ2v) is 6.04. The molecule has 0 spiro atoms. The second-order valence-electron chi connectivity index (χ2n) is 6.04. The summed E-state index contributed by atoms with van der Waals surface area (Å²) in [5.41, 5.74) is 1.72. The van der Waals surface area contributed by atoms with E-state index in [1.165, 1.54) is 19.2 Å². The molecule has 25 heavy (non-hydrogen) atoms. The Morgan fingerprint density at radius 2 is 2.16 bits per heavy atom. The van der Waals surface area contributed by atoms with Gasteiger partial charge in [-0.1, -0.05) is 17.3 Å². The van der Waals surface area contributed by atoms with Gasteiger partial charge in [-0.2, -0.15) is 0 Å². The molecule has 0 radical (unpaired) electrons. The Morgan fingerprint density at radius 1 is 1.36 bits per heavy atom. The Balaban J connectivity index is 1.83. The van der Waals surface area contributed by atoms with Gasteiger partial charge in [-0.15, -0.1) is 0 Å². The summed E-state index contributed by atoms with van der Waals surface area (Å²) in [5, 5.41) is 16.4. The third kappa shape index (κ3) is 3.81. The van der Waals surface area contributed by atoms with Crippen molar-refractivity contribution in [1.82, 2.24) is 10.5 Å². The van der Waals surface area contributed by atoms with Crippen molar-refractivity contribution < 1.29 is 24.0 Å². The van der Waals surface area contributed by atoms with Crippen LogP contribution >= 0.6 is 0 Å². The standard InChI is InChI=1S/C18H20N2O5/c1-24-16(22)10-14(11-5-4-6-12(21)9-11)19-18(23)17-13-7-2-3-8-15(13)25-20-17/h4-6,9,14,21H,2-3,7-8,10H2,1H3,(H,19,23). The van der Waals surface area contributed by atoms with Crippen molar-refractivity contribution in [2.75, 3.05) is 7.11 Å². The monoisotopic (exact) mass is 344 g/mol. The molecule has 1 heterocycles. The number of benzene rings is 1. The Morgan fingerprint density at radius 3 is 2.92 bits per heavy atom. The minimum atomic E-state index is -0.636. The highest BCUT2D eigenvalue weighted by molar-refractivity contribution is 5.94. The molecule has 0 bridgehead atoms. The van der Waals surface area contributed by atoms with Crippen LogP contribution in [0.1, 0.15) is 52.7 Å². The van der Waals surface area contributed by atoms with Gasteiger partial charge in [0.05, 0.1) is 19.6 Å². The van der Waals surface area contributed by atoms with Crippen molar-refractivity contribution >= 4 is 11.9 Å². The maximum atomic E-state index is 12.7. The Bertz CT molecular complexity index is 784. The molecule has 7 heteroatoms. The van der Waals surface area contributed by atoms with Crippen LogP contribution in [-0.4, -0.2) is 29.2 Å². The highest BCUT2D eigenvalue weighted by Crippen LogP contribution is 2.26. The van der Waals surface area contributed by atoms with Gasteiger partial charge in [0.1, 0.15) is 11.5 Å². The number of phenolic OH excluding ortho intramolecular Hbond substituents is 1. The summed E-state index contributed by atoms with van der Waals surface area (Å²) in [6.07, 6.45) is 3.51. The molecule has 1 aromatic carbocycles. The van der Waals surface area contributed by atoms with E-state index in [1.807, 2.05) is 0 Å². The topological polar surface area (TPSA) is 102 Å². The van der Waals surface area contributed by atoms with Crippen LogP contribution in [0.5, 0.6) is 5.75 Å². The quantitative estimate of drug-likeness (QED) is 0.807.